The summed E-state index contributed by atoms with van der Waals surface area (Å²) in [6.45, 7) is 6.12. The molecule has 0 spiro atoms. The van der Waals surface area contributed by atoms with Crippen LogP contribution < -0.4 is 5.32 Å². The molecule has 1 heterocycles. The first-order chi connectivity index (χ1) is 11.5. The molecule has 6 nitrogen and oxygen atoms in total. The Labute approximate surface area is 152 Å². The predicted octanol–water partition coefficient (Wildman–Crippen LogP) is 3.33. The van der Waals surface area contributed by atoms with E-state index in [-0.39, 0.29) is 22.3 Å². The highest BCUT2D eigenvalue weighted by atomic mass is 35.5. The molecule has 0 aliphatic rings. The molecule has 0 saturated heterocycles. The van der Waals surface area contributed by atoms with Gasteiger partial charge >= 0.3 is 0 Å². The van der Waals surface area contributed by atoms with E-state index in [1.54, 1.807) is 50.1 Å². The standard InChI is InChI=1S/C18H23ClN4O2/c1-18(2,3)15-10-14(23(6)21-15)16(24)20-11-7-8-12(13(19)9-11)17(25)22(4)5/h7-10H,1-6H3,(H,20,24). The number of carbonyl (C=O) groups excluding carboxylic acids is 2. The van der Waals surface area contributed by atoms with E-state index in [9.17, 15) is 9.59 Å². The van der Waals surface area contributed by atoms with Gasteiger partial charge in [-0.2, -0.15) is 5.10 Å². The van der Waals surface area contributed by atoms with Crippen molar-refractivity contribution in [3.05, 3.63) is 46.2 Å². The molecule has 0 atom stereocenters. The minimum Gasteiger partial charge on any atom is -0.345 e. The third-order valence-electron chi connectivity index (χ3n) is 3.74. The summed E-state index contributed by atoms with van der Waals surface area (Å²) in [6, 6.07) is 6.60. The lowest BCUT2D eigenvalue weighted by molar-refractivity contribution is 0.0827. The quantitative estimate of drug-likeness (QED) is 0.910. The van der Waals surface area contributed by atoms with Crippen molar-refractivity contribution in [3.8, 4) is 0 Å². The minimum absolute atomic E-state index is 0.145. The second-order valence-electron chi connectivity index (χ2n) is 7.14. The SMILES string of the molecule is CN(C)C(=O)c1ccc(NC(=O)c2cc(C(C)(C)C)nn2C)cc1Cl. The van der Waals surface area contributed by atoms with Crippen molar-refractivity contribution in [3.63, 3.8) is 0 Å². The fraction of sp³-hybridized carbons (Fsp3) is 0.389. The molecule has 0 fully saturated rings. The molecular formula is C18H23ClN4O2. The normalized spacial score (nSPS) is 11.3. The van der Waals surface area contributed by atoms with Gasteiger partial charge in [0, 0.05) is 32.2 Å². The van der Waals surface area contributed by atoms with Crippen molar-refractivity contribution < 1.29 is 9.59 Å². The highest BCUT2D eigenvalue weighted by Gasteiger charge is 2.22. The second kappa shape index (κ2) is 6.88. The predicted molar refractivity (Wildman–Crippen MR) is 99.3 cm³/mol. The Kier molecular flexibility index (Phi) is 5.23. The average molecular weight is 363 g/mol. The number of aromatic nitrogens is 2. The minimum atomic E-state index is -0.284. The first-order valence-corrected chi connectivity index (χ1v) is 8.25. The van der Waals surface area contributed by atoms with Gasteiger partial charge in [0.05, 0.1) is 16.3 Å². The average Bonchev–Trinajstić information content (AvgIpc) is 2.89. The fourth-order valence-corrected chi connectivity index (χ4v) is 2.51. The van der Waals surface area contributed by atoms with Gasteiger partial charge < -0.3 is 10.2 Å². The van der Waals surface area contributed by atoms with Crippen LogP contribution in [-0.4, -0.2) is 40.6 Å². The molecule has 2 amide bonds. The third kappa shape index (κ3) is 4.20. The van der Waals surface area contributed by atoms with Gasteiger partial charge in [0.1, 0.15) is 5.69 Å². The smallest absolute Gasteiger partial charge is 0.273 e. The maximum atomic E-state index is 12.5. The van der Waals surface area contributed by atoms with E-state index in [4.69, 9.17) is 11.6 Å². The summed E-state index contributed by atoms with van der Waals surface area (Å²) in [5.74, 6) is -0.474. The number of nitrogens with one attached hydrogen (secondary N) is 1. The number of halogens is 1. The van der Waals surface area contributed by atoms with E-state index in [0.717, 1.165) is 5.69 Å². The number of anilines is 1. The van der Waals surface area contributed by atoms with Crippen molar-refractivity contribution in [2.45, 2.75) is 26.2 Å². The Morgan fingerprint density at radius 2 is 1.84 bits per heavy atom. The van der Waals surface area contributed by atoms with Gasteiger partial charge in [0.15, 0.2) is 0 Å². The summed E-state index contributed by atoms with van der Waals surface area (Å²) < 4.78 is 1.56. The van der Waals surface area contributed by atoms with Gasteiger partial charge in [-0.3, -0.25) is 14.3 Å². The maximum absolute atomic E-state index is 12.5. The summed E-state index contributed by atoms with van der Waals surface area (Å²) in [5.41, 5.74) is 2.05. The molecule has 0 saturated carbocycles. The van der Waals surface area contributed by atoms with E-state index in [0.29, 0.717) is 16.9 Å². The molecule has 25 heavy (non-hydrogen) atoms. The number of carbonyl (C=O) groups is 2. The van der Waals surface area contributed by atoms with Crippen molar-refractivity contribution in [2.75, 3.05) is 19.4 Å². The number of aryl methyl sites for hydroxylation is 1. The monoisotopic (exact) mass is 362 g/mol. The zero-order chi connectivity index (χ0) is 18.9. The molecule has 0 aliphatic carbocycles. The van der Waals surface area contributed by atoms with E-state index in [1.807, 2.05) is 20.8 Å². The second-order valence-corrected chi connectivity index (χ2v) is 7.54. The Bertz CT molecular complexity index is 819. The number of hydrogen-bond acceptors (Lipinski definition) is 3. The number of nitrogens with zero attached hydrogens (tertiary/aromatic N) is 3. The summed E-state index contributed by atoms with van der Waals surface area (Å²) in [7, 11) is 5.04. The van der Waals surface area contributed by atoms with Crippen LogP contribution in [0.3, 0.4) is 0 Å². The van der Waals surface area contributed by atoms with Gasteiger partial charge in [-0.1, -0.05) is 32.4 Å². The first kappa shape index (κ1) is 19.0. The van der Waals surface area contributed by atoms with Crippen molar-refractivity contribution >= 4 is 29.1 Å². The highest BCUT2D eigenvalue weighted by Crippen LogP contribution is 2.24. The van der Waals surface area contributed by atoms with E-state index in [2.05, 4.69) is 10.4 Å². The van der Waals surface area contributed by atoms with Gasteiger partial charge in [-0.05, 0) is 24.3 Å². The maximum Gasteiger partial charge on any atom is 0.273 e. The fourth-order valence-electron chi connectivity index (χ4n) is 2.25. The lowest BCUT2D eigenvalue weighted by atomic mass is 9.92. The van der Waals surface area contributed by atoms with Crippen LogP contribution in [0.1, 0.15) is 47.3 Å². The Hall–Kier alpha value is -2.34. The Balaban J connectivity index is 2.23. The molecule has 134 valence electrons. The molecule has 2 rings (SSSR count). The zero-order valence-corrected chi connectivity index (χ0v) is 16.1. The van der Waals surface area contributed by atoms with Crippen LogP contribution in [0.5, 0.6) is 0 Å². The van der Waals surface area contributed by atoms with Crippen LogP contribution >= 0.6 is 11.6 Å². The lowest BCUT2D eigenvalue weighted by Gasteiger charge is -2.13. The third-order valence-corrected chi connectivity index (χ3v) is 4.06. The number of benzene rings is 1. The molecule has 1 aromatic carbocycles. The Morgan fingerprint density at radius 1 is 1.20 bits per heavy atom. The molecule has 1 aromatic heterocycles. The van der Waals surface area contributed by atoms with Gasteiger partial charge in [-0.25, -0.2) is 0 Å². The lowest BCUT2D eigenvalue weighted by Crippen LogP contribution is -2.22. The molecule has 7 heteroatoms. The molecule has 2 aromatic rings. The number of amides is 2. The molecule has 0 aliphatic heterocycles. The van der Waals surface area contributed by atoms with Crippen LogP contribution in [0.2, 0.25) is 5.02 Å². The van der Waals surface area contributed by atoms with Crippen LogP contribution in [0, 0.1) is 0 Å². The summed E-state index contributed by atoms with van der Waals surface area (Å²) >= 11 is 6.18. The van der Waals surface area contributed by atoms with Gasteiger partial charge in [-0.15, -0.1) is 0 Å². The van der Waals surface area contributed by atoms with Crippen LogP contribution in [0.15, 0.2) is 24.3 Å². The first-order valence-electron chi connectivity index (χ1n) is 7.88. The molecule has 0 unspecified atom stereocenters. The van der Waals surface area contributed by atoms with E-state index in [1.165, 1.54) is 4.90 Å². The Morgan fingerprint density at radius 3 is 2.32 bits per heavy atom. The molecule has 0 bridgehead atoms. The van der Waals surface area contributed by atoms with Gasteiger partial charge in [0.25, 0.3) is 11.8 Å². The van der Waals surface area contributed by atoms with Crippen LogP contribution in [0.4, 0.5) is 5.69 Å². The van der Waals surface area contributed by atoms with Crippen molar-refractivity contribution in [1.29, 1.82) is 0 Å². The van der Waals surface area contributed by atoms with E-state index >= 15 is 0 Å². The summed E-state index contributed by atoms with van der Waals surface area (Å²) in [6.07, 6.45) is 0. The largest absolute Gasteiger partial charge is 0.345 e. The molecule has 1 N–H and O–H groups in total. The number of hydrogen-bond donors (Lipinski definition) is 1. The van der Waals surface area contributed by atoms with E-state index < -0.39 is 0 Å². The molecular weight excluding hydrogens is 340 g/mol. The van der Waals surface area contributed by atoms with Gasteiger partial charge in [0.2, 0.25) is 0 Å². The van der Waals surface area contributed by atoms with Crippen molar-refractivity contribution in [2.24, 2.45) is 7.05 Å². The number of rotatable bonds is 3. The van der Waals surface area contributed by atoms with Crippen LogP contribution in [0.25, 0.3) is 0 Å². The summed E-state index contributed by atoms with van der Waals surface area (Å²) in [5, 5.41) is 7.48. The zero-order valence-electron chi connectivity index (χ0n) is 15.3. The van der Waals surface area contributed by atoms with Crippen LogP contribution in [-0.2, 0) is 12.5 Å². The topological polar surface area (TPSA) is 67.2 Å². The van der Waals surface area contributed by atoms with Crippen molar-refractivity contribution in [1.82, 2.24) is 14.7 Å². The summed E-state index contributed by atoms with van der Waals surface area (Å²) in [4.78, 5) is 26.0. The highest BCUT2D eigenvalue weighted by molar-refractivity contribution is 6.34. The molecule has 0 radical (unpaired) electrons.